The smallest absolute Gasteiger partial charge is 0.230 e. The first-order valence-corrected chi connectivity index (χ1v) is 10.5. The average Bonchev–Trinajstić information content (AvgIpc) is 3.22. The largest absolute Gasteiger partial charge is 0.492 e. The van der Waals surface area contributed by atoms with E-state index in [1.165, 1.54) is 11.1 Å². The van der Waals surface area contributed by atoms with Gasteiger partial charge < -0.3 is 10.0 Å². The molecule has 1 aromatic carbocycles. The summed E-state index contributed by atoms with van der Waals surface area (Å²) in [6.07, 6.45) is 0.767. The molecule has 1 atom stereocenters. The van der Waals surface area contributed by atoms with Gasteiger partial charge in [-0.05, 0) is 19.0 Å². The second kappa shape index (κ2) is 7.58. The summed E-state index contributed by atoms with van der Waals surface area (Å²) in [7, 11) is 0. The minimum Gasteiger partial charge on any atom is -0.492 e. The minimum atomic E-state index is 0.0301. The Morgan fingerprint density at radius 1 is 1.19 bits per heavy atom. The highest BCUT2D eigenvalue weighted by Gasteiger charge is 2.31. The Balaban J connectivity index is 1.76. The molecule has 1 saturated heterocycles. The molecule has 0 aliphatic carbocycles. The molecule has 0 saturated carbocycles. The van der Waals surface area contributed by atoms with Gasteiger partial charge in [0, 0.05) is 32.6 Å². The molecular formula is C20H27N5OS. The lowest BCUT2D eigenvalue weighted by molar-refractivity contribution is 0.113. The van der Waals surface area contributed by atoms with Crippen LogP contribution >= 0.6 is 11.3 Å². The fraction of sp³-hybridized carbons (Fsp3) is 0.500. The molecule has 0 unspecified atom stereocenters. The summed E-state index contributed by atoms with van der Waals surface area (Å²) in [6, 6.07) is 8.64. The number of piperazine rings is 1. The topological polar surface area (TPSA) is 56.9 Å². The Kier molecular flexibility index (Phi) is 5.16. The summed E-state index contributed by atoms with van der Waals surface area (Å²) < 4.78 is 1.60. The van der Waals surface area contributed by atoms with Gasteiger partial charge in [0.05, 0.1) is 10.9 Å². The van der Waals surface area contributed by atoms with Crippen molar-refractivity contribution < 1.29 is 5.11 Å². The third-order valence-corrected chi connectivity index (χ3v) is 6.46. The van der Waals surface area contributed by atoms with E-state index in [9.17, 15) is 5.11 Å². The molecule has 1 N–H and O–H groups in total. The van der Waals surface area contributed by atoms with Crippen LogP contribution in [0, 0.1) is 6.92 Å². The summed E-state index contributed by atoms with van der Waals surface area (Å²) in [6.45, 7) is 11.5. The number of fused-ring (bicyclic) bond motifs is 1. The normalized spacial score (nSPS) is 17.6. The first kappa shape index (κ1) is 18.4. The lowest BCUT2D eigenvalue weighted by Crippen LogP contribution is -2.47. The zero-order chi connectivity index (χ0) is 19.0. The number of thiazole rings is 1. The Morgan fingerprint density at radius 2 is 1.96 bits per heavy atom. The number of aromatic hydroxyl groups is 1. The van der Waals surface area contributed by atoms with E-state index < -0.39 is 0 Å². The van der Waals surface area contributed by atoms with E-state index in [1.54, 1.807) is 15.9 Å². The minimum absolute atomic E-state index is 0.0301. The number of aromatic nitrogens is 3. The van der Waals surface area contributed by atoms with Crippen LogP contribution in [0.5, 0.6) is 5.88 Å². The fourth-order valence-corrected chi connectivity index (χ4v) is 4.96. The molecule has 2 aromatic heterocycles. The van der Waals surface area contributed by atoms with Gasteiger partial charge in [-0.15, -0.1) is 5.10 Å². The second-order valence-electron chi connectivity index (χ2n) is 7.15. The number of aryl methyl sites for hydroxylation is 2. The predicted octanol–water partition coefficient (Wildman–Crippen LogP) is 3.09. The Hall–Kier alpha value is -1.96. The molecule has 0 amide bonds. The van der Waals surface area contributed by atoms with Gasteiger partial charge in [-0.25, -0.2) is 4.98 Å². The predicted molar refractivity (Wildman–Crippen MR) is 109 cm³/mol. The first-order valence-electron chi connectivity index (χ1n) is 9.71. The Bertz CT molecular complexity index is 926. The third kappa shape index (κ3) is 3.47. The molecule has 7 heteroatoms. The second-order valence-corrected chi connectivity index (χ2v) is 8.16. The summed E-state index contributed by atoms with van der Waals surface area (Å²) in [4.78, 5) is 11.2. The lowest BCUT2D eigenvalue weighted by atomic mass is 10.0. The molecule has 1 aliphatic rings. The maximum atomic E-state index is 11.0. The molecule has 0 radical (unpaired) electrons. The van der Waals surface area contributed by atoms with Gasteiger partial charge in [0.15, 0.2) is 5.82 Å². The molecule has 0 spiro atoms. The highest BCUT2D eigenvalue weighted by atomic mass is 32.1. The van der Waals surface area contributed by atoms with Gasteiger partial charge in [0.2, 0.25) is 10.8 Å². The maximum absolute atomic E-state index is 11.0. The van der Waals surface area contributed by atoms with Crippen LogP contribution in [0.15, 0.2) is 24.3 Å². The van der Waals surface area contributed by atoms with E-state index in [2.05, 4.69) is 58.0 Å². The standard InChI is InChI=1S/C20H27N5OS/c1-4-16-21-20-25(22-16)19(26)18(27-20)17(15-8-6-7-14(3)13-15)24-11-9-23(5-2)10-12-24/h6-8,13,17,26H,4-5,9-12H2,1-3H3/t17-/m0/s1. The zero-order valence-electron chi connectivity index (χ0n) is 16.2. The molecule has 4 rings (SSSR count). The van der Waals surface area contributed by atoms with E-state index in [0.717, 1.165) is 54.8 Å². The van der Waals surface area contributed by atoms with Crippen molar-refractivity contribution in [3.8, 4) is 5.88 Å². The van der Waals surface area contributed by atoms with E-state index >= 15 is 0 Å². The Labute approximate surface area is 164 Å². The van der Waals surface area contributed by atoms with Crippen LogP contribution in [0.4, 0.5) is 0 Å². The first-order chi connectivity index (χ1) is 13.1. The van der Waals surface area contributed by atoms with Crippen molar-refractivity contribution in [3.63, 3.8) is 0 Å². The summed E-state index contributed by atoms with van der Waals surface area (Å²) >= 11 is 1.55. The van der Waals surface area contributed by atoms with Gasteiger partial charge in [-0.1, -0.05) is 55.0 Å². The van der Waals surface area contributed by atoms with Crippen molar-refractivity contribution in [2.45, 2.75) is 33.2 Å². The monoisotopic (exact) mass is 385 g/mol. The van der Waals surface area contributed by atoms with Crippen LogP contribution < -0.4 is 0 Å². The van der Waals surface area contributed by atoms with Gasteiger partial charge in [-0.2, -0.15) is 4.52 Å². The quantitative estimate of drug-likeness (QED) is 0.731. The fourth-order valence-electron chi connectivity index (χ4n) is 3.82. The van der Waals surface area contributed by atoms with Gasteiger partial charge in [0.1, 0.15) is 0 Å². The average molecular weight is 386 g/mol. The summed E-state index contributed by atoms with van der Waals surface area (Å²) in [5.74, 6) is 0.999. The highest BCUT2D eigenvalue weighted by molar-refractivity contribution is 7.17. The van der Waals surface area contributed by atoms with Crippen LogP contribution in [0.2, 0.25) is 0 Å². The number of likely N-dealkylation sites (N-methyl/N-ethyl adjacent to an activating group) is 1. The van der Waals surface area contributed by atoms with E-state index in [-0.39, 0.29) is 11.9 Å². The summed E-state index contributed by atoms with van der Waals surface area (Å²) in [5, 5.41) is 15.4. The van der Waals surface area contributed by atoms with Crippen LogP contribution in [0.25, 0.3) is 4.96 Å². The molecule has 6 nitrogen and oxygen atoms in total. The van der Waals surface area contributed by atoms with E-state index in [0.29, 0.717) is 0 Å². The number of benzene rings is 1. The van der Waals surface area contributed by atoms with Gasteiger partial charge >= 0.3 is 0 Å². The molecular weight excluding hydrogens is 358 g/mol. The number of hydrogen-bond acceptors (Lipinski definition) is 6. The number of rotatable bonds is 5. The van der Waals surface area contributed by atoms with Crippen molar-refractivity contribution in [2.75, 3.05) is 32.7 Å². The molecule has 1 fully saturated rings. The third-order valence-electron chi connectivity index (χ3n) is 5.39. The molecule has 144 valence electrons. The van der Waals surface area contributed by atoms with E-state index in [4.69, 9.17) is 0 Å². The Morgan fingerprint density at radius 3 is 2.59 bits per heavy atom. The molecule has 27 heavy (non-hydrogen) atoms. The molecule has 1 aliphatic heterocycles. The van der Waals surface area contributed by atoms with E-state index in [1.807, 2.05) is 6.92 Å². The molecule has 3 heterocycles. The number of nitrogens with zero attached hydrogens (tertiary/aromatic N) is 5. The van der Waals surface area contributed by atoms with Crippen LogP contribution in [-0.4, -0.2) is 62.2 Å². The van der Waals surface area contributed by atoms with Crippen molar-refractivity contribution >= 4 is 16.3 Å². The van der Waals surface area contributed by atoms with Crippen molar-refractivity contribution in [1.82, 2.24) is 24.4 Å². The highest BCUT2D eigenvalue weighted by Crippen LogP contribution is 2.40. The van der Waals surface area contributed by atoms with Crippen molar-refractivity contribution in [3.05, 3.63) is 46.1 Å². The molecule has 3 aromatic rings. The van der Waals surface area contributed by atoms with Gasteiger partial charge in [-0.3, -0.25) is 4.90 Å². The number of hydrogen-bond donors (Lipinski definition) is 1. The van der Waals surface area contributed by atoms with Crippen LogP contribution in [0.3, 0.4) is 0 Å². The van der Waals surface area contributed by atoms with Gasteiger partial charge in [0.25, 0.3) is 0 Å². The zero-order valence-corrected chi connectivity index (χ0v) is 17.0. The molecule has 0 bridgehead atoms. The maximum Gasteiger partial charge on any atom is 0.230 e. The van der Waals surface area contributed by atoms with Crippen molar-refractivity contribution in [1.29, 1.82) is 0 Å². The lowest BCUT2D eigenvalue weighted by Gasteiger charge is -2.38. The van der Waals surface area contributed by atoms with Crippen LogP contribution in [0.1, 0.15) is 41.7 Å². The van der Waals surface area contributed by atoms with Crippen molar-refractivity contribution in [2.24, 2.45) is 0 Å². The van der Waals surface area contributed by atoms with Crippen LogP contribution in [-0.2, 0) is 6.42 Å². The summed E-state index contributed by atoms with van der Waals surface area (Å²) in [5.41, 5.74) is 2.45. The SMILES string of the molecule is CCc1nc2sc([C@H](c3cccc(C)c3)N3CCN(CC)CC3)c(O)n2n1.